The number of nitrogens with zero attached hydrogens (tertiary/aromatic N) is 1. The molecule has 1 aliphatic heterocycles. The number of piperidine rings is 1. The van der Waals surface area contributed by atoms with Crippen molar-refractivity contribution >= 4 is 45.0 Å². The van der Waals surface area contributed by atoms with E-state index in [2.05, 4.69) is 10.6 Å². The first-order valence-corrected chi connectivity index (χ1v) is 10.8. The van der Waals surface area contributed by atoms with Crippen molar-refractivity contribution in [3.8, 4) is 0 Å². The van der Waals surface area contributed by atoms with E-state index in [4.69, 9.17) is 4.74 Å². The van der Waals surface area contributed by atoms with E-state index in [0.29, 0.717) is 43.1 Å². The Morgan fingerprint density at radius 3 is 2.59 bits per heavy atom. The third-order valence-electron chi connectivity index (χ3n) is 4.83. The summed E-state index contributed by atoms with van der Waals surface area (Å²) < 4.78 is 6.01. The molecule has 0 unspecified atom stereocenters. The molecule has 156 valence electrons. The number of carbonyl (C=O) groups is 3. The maximum atomic E-state index is 12.6. The maximum Gasteiger partial charge on any atom is 0.348 e. The van der Waals surface area contributed by atoms with Crippen LogP contribution in [-0.2, 0) is 9.53 Å². The SMILES string of the molecule is CCOC(=O)c1cc2cc(NC(=O)N3CCC(C(=O)NC(C)C)CC3)ccc2s1. The molecule has 8 heteroatoms. The van der Waals surface area contributed by atoms with Crippen LogP contribution in [0.15, 0.2) is 24.3 Å². The van der Waals surface area contributed by atoms with E-state index in [1.54, 1.807) is 17.9 Å². The standard InChI is InChI=1S/C21H27N3O4S/c1-4-28-20(26)18-12-15-11-16(5-6-17(15)29-18)23-21(27)24-9-7-14(8-10-24)19(25)22-13(2)3/h5-6,11-14H,4,7-10H2,1-3H3,(H,22,25)(H,23,27). The Labute approximate surface area is 174 Å². The number of thiophene rings is 1. The Morgan fingerprint density at radius 2 is 1.93 bits per heavy atom. The molecule has 1 aliphatic rings. The van der Waals surface area contributed by atoms with Gasteiger partial charge in [0.1, 0.15) is 4.88 Å². The Balaban J connectivity index is 1.59. The summed E-state index contributed by atoms with van der Waals surface area (Å²) in [5.74, 6) is -0.297. The number of hydrogen-bond acceptors (Lipinski definition) is 5. The molecule has 2 heterocycles. The summed E-state index contributed by atoms with van der Waals surface area (Å²) in [7, 11) is 0. The lowest BCUT2D eigenvalue weighted by Gasteiger charge is -2.31. The molecule has 29 heavy (non-hydrogen) atoms. The van der Waals surface area contributed by atoms with Gasteiger partial charge in [0.25, 0.3) is 0 Å². The van der Waals surface area contributed by atoms with Crippen molar-refractivity contribution < 1.29 is 19.1 Å². The number of amides is 3. The zero-order valence-corrected chi connectivity index (χ0v) is 17.8. The molecule has 7 nitrogen and oxygen atoms in total. The maximum absolute atomic E-state index is 12.6. The van der Waals surface area contributed by atoms with Crippen LogP contribution in [0.1, 0.15) is 43.3 Å². The number of nitrogens with one attached hydrogen (secondary N) is 2. The molecule has 1 aromatic carbocycles. The molecule has 0 radical (unpaired) electrons. The lowest BCUT2D eigenvalue weighted by atomic mass is 9.96. The molecular weight excluding hydrogens is 390 g/mol. The summed E-state index contributed by atoms with van der Waals surface area (Å²) in [5.41, 5.74) is 0.676. The molecule has 0 spiro atoms. The number of esters is 1. The quantitative estimate of drug-likeness (QED) is 0.724. The molecule has 3 rings (SSSR count). The van der Waals surface area contributed by atoms with Gasteiger partial charge in [0, 0.05) is 35.4 Å². The second-order valence-corrected chi connectivity index (χ2v) is 8.52. The normalized spacial score (nSPS) is 14.8. The van der Waals surface area contributed by atoms with Crippen LogP contribution in [0.2, 0.25) is 0 Å². The highest BCUT2D eigenvalue weighted by molar-refractivity contribution is 7.20. The van der Waals surface area contributed by atoms with Crippen LogP contribution < -0.4 is 10.6 Å². The molecule has 0 saturated carbocycles. The van der Waals surface area contributed by atoms with Crippen LogP contribution in [0.3, 0.4) is 0 Å². The fourth-order valence-corrected chi connectivity index (χ4v) is 4.31. The lowest BCUT2D eigenvalue weighted by molar-refractivity contribution is -0.126. The second kappa shape index (κ2) is 9.26. The van der Waals surface area contributed by atoms with Gasteiger partial charge in [0.05, 0.1) is 6.61 Å². The molecule has 1 fully saturated rings. The molecular formula is C21H27N3O4S. The minimum absolute atomic E-state index is 0.0371. The Hall–Kier alpha value is -2.61. The molecule has 0 aliphatic carbocycles. The van der Waals surface area contributed by atoms with Gasteiger partial charge in [-0.1, -0.05) is 0 Å². The topological polar surface area (TPSA) is 87.7 Å². The van der Waals surface area contributed by atoms with Crippen molar-refractivity contribution in [2.75, 3.05) is 25.0 Å². The van der Waals surface area contributed by atoms with Gasteiger partial charge in [-0.25, -0.2) is 9.59 Å². The minimum Gasteiger partial charge on any atom is -0.462 e. The fraction of sp³-hybridized carbons (Fsp3) is 0.476. The lowest BCUT2D eigenvalue weighted by Crippen LogP contribution is -2.45. The molecule has 1 saturated heterocycles. The fourth-order valence-electron chi connectivity index (χ4n) is 3.37. The van der Waals surface area contributed by atoms with Crippen molar-refractivity contribution in [2.45, 2.75) is 39.7 Å². The van der Waals surface area contributed by atoms with E-state index in [1.807, 2.05) is 32.0 Å². The summed E-state index contributed by atoms with van der Waals surface area (Å²) in [6, 6.07) is 7.31. The predicted octanol–water partition coefficient (Wildman–Crippen LogP) is 3.85. The molecule has 0 atom stereocenters. The average molecular weight is 418 g/mol. The van der Waals surface area contributed by atoms with Gasteiger partial charge in [0.2, 0.25) is 5.91 Å². The van der Waals surface area contributed by atoms with E-state index in [0.717, 1.165) is 10.1 Å². The van der Waals surface area contributed by atoms with Gasteiger partial charge in [-0.15, -0.1) is 11.3 Å². The number of carbonyl (C=O) groups excluding carboxylic acids is 3. The molecule has 3 amide bonds. The average Bonchev–Trinajstić information content (AvgIpc) is 3.11. The highest BCUT2D eigenvalue weighted by Crippen LogP contribution is 2.29. The van der Waals surface area contributed by atoms with Gasteiger partial charge in [-0.05, 0) is 63.3 Å². The van der Waals surface area contributed by atoms with Gasteiger partial charge in [0.15, 0.2) is 0 Å². The Kier molecular flexibility index (Phi) is 6.74. The number of likely N-dealkylation sites (tertiary alicyclic amines) is 1. The second-order valence-electron chi connectivity index (χ2n) is 7.44. The van der Waals surface area contributed by atoms with E-state index in [-0.39, 0.29) is 29.9 Å². The van der Waals surface area contributed by atoms with Crippen LogP contribution >= 0.6 is 11.3 Å². The van der Waals surface area contributed by atoms with Crippen LogP contribution in [0.25, 0.3) is 10.1 Å². The number of hydrogen-bond donors (Lipinski definition) is 2. The van der Waals surface area contributed by atoms with Gasteiger partial charge < -0.3 is 20.3 Å². The zero-order valence-electron chi connectivity index (χ0n) is 17.0. The Bertz CT molecular complexity index is 900. The monoisotopic (exact) mass is 417 g/mol. The smallest absolute Gasteiger partial charge is 0.348 e. The van der Waals surface area contributed by atoms with E-state index >= 15 is 0 Å². The third kappa shape index (κ3) is 5.26. The minimum atomic E-state index is -0.330. The van der Waals surface area contributed by atoms with Crippen LogP contribution in [0, 0.1) is 5.92 Å². The first kappa shape index (κ1) is 21.1. The van der Waals surface area contributed by atoms with Gasteiger partial charge in [-0.2, -0.15) is 0 Å². The largest absolute Gasteiger partial charge is 0.462 e. The number of fused-ring (bicyclic) bond motifs is 1. The van der Waals surface area contributed by atoms with E-state index in [1.165, 1.54) is 11.3 Å². The highest BCUT2D eigenvalue weighted by Gasteiger charge is 2.27. The van der Waals surface area contributed by atoms with Gasteiger partial charge in [-0.3, -0.25) is 4.79 Å². The van der Waals surface area contributed by atoms with Crippen molar-refractivity contribution in [1.82, 2.24) is 10.2 Å². The zero-order chi connectivity index (χ0) is 21.0. The first-order valence-electron chi connectivity index (χ1n) is 9.94. The molecule has 1 aromatic heterocycles. The predicted molar refractivity (Wildman–Crippen MR) is 114 cm³/mol. The van der Waals surface area contributed by atoms with E-state index < -0.39 is 0 Å². The van der Waals surface area contributed by atoms with Crippen LogP contribution in [0.5, 0.6) is 0 Å². The molecule has 2 aromatic rings. The summed E-state index contributed by atoms with van der Waals surface area (Å²) in [6.45, 7) is 7.11. The van der Waals surface area contributed by atoms with Crippen molar-refractivity contribution in [3.63, 3.8) is 0 Å². The van der Waals surface area contributed by atoms with Gasteiger partial charge >= 0.3 is 12.0 Å². The number of rotatable bonds is 5. The third-order valence-corrected chi connectivity index (χ3v) is 5.92. The van der Waals surface area contributed by atoms with Crippen molar-refractivity contribution in [1.29, 1.82) is 0 Å². The summed E-state index contributed by atoms with van der Waals surface area (Å²) in [6.07, 6.45) is 1.33. The van der Waals surface area contributed by atoms with Crippen molar-refractivity contribution in [2.24, 2.45) is 5.92 Å². The summed E-state index contributed by atoms with van der Waals surface area (Å²) >= 11 is 1.37. The Morgan fingerprint density at radius 1 is 1.21 bits per heavy atom. The molecule has 2 N–H and O–H groups in total. The van der Waals surface area contributed by atoms with Crippen LogP contribution in [-0.4, -0.2) is 48.5 Å². The number of benzene rings is 1. The van der Waals surface area contributed by atoms with Crippen LogP contribution in [0.4, 0.5) is 10.5 Å². The number of ether oxygens (including phenoxy) is 1. The highest BCUT2D eigenvalue weighted by atomic mass is 32.1. The summed E-state index contributed by atoms with van der Waals surface area (Å²) in [4.78, 5) is 38.9. The molecule has 0 bridgehead atoms. The number of anilines is 1. The number of urea groups is 1. The van der Waals surface area contributed by atoms with E-state index in [9.17, 15) is 14.4 Å². The first-order chi connectivity index (χ1) is 13.9. The van der Waals surface area contributed by atoms with Crippen molar-refractivity contribution in [3.05, 3.63) is 29.1 Å². The summed E-state index contributed by atoms with van der Waals surface area (Å²) in [5, 5.41) is 6.75.